The second-order valence-corrected chi connectivity index (χ2v) is 8.50. The largest absolute Gasteiger partial charge is 0.497 e. The van der Waals surface area contributed by atoms with E-state index in [-0.39, 0.29) is 17.2 Å². The minimum atomic E-state index is -0.303. The number of nitrogens with one attached hydrogen (secondary N) is 1. The van der Waals surface area contributed by atoms with E-state index in [0.29, 0.717) is 43.2 Å². The van der Waals surface area contributed by atoms with Crippen molar-refractivity contribution in [3.8, 4) is 11.4 Å². The molecular weight excluding hydrogens is 469 g/mol. The maximum absolute atomic E-state index is 13.3. The van der Waals surface area contributed by atoms with E-state index in [9.17, 15) is 9.59 Å². The number of hydrogen-bond acceptors (Lipinski definition) is 5. The van der Waals surface area contributed by atoms with Gasteiger partial charge in [0.2, 0.25) is 5.91 Å². The Morgan fingerprint density at radius 3 is 2.59 bits per heavy atom. The summed E-state index contributed by atoms with van der Waals surface area (Å²) in [4.78, 5) is 30.5. The van der Waals surface area contributed by atoms with Crippen LogP contribution in [0.4, 0.5) is 5.69 Å². The maximum atomic E-state index is 13.3. The average Bonchev–Trinajstić information content (AvgIpc) is 2.80. The van der Waals surface area contributed by atoms with Gasteiger partial charge in [0.15, 0.2) is 5.16 Å². The summed E-state index contributed by atoms with van der Waals surface area (Å²) >= 11 is 13.3. The van der Waals surface area contributed by atoms with Crippen LogP contribution in [0.2, 0.25) is 10.0 Å². The summed E-state index contributed by atoms with van der Waals surface area (Å²) in [6.45, 7) is 0. The van der Waals surface area contributed by atoms with Gasteiger partial charge in [0, 0.05) is 5.02 Å². The van der Waals surface area contributed by atoms with Gasteiger partial charge in [-0.25, -0.2) is 4.98 Å². The lowest BCUT2D eigenvalue weighted by atomic mass is 10.2. The zero-order valence-corrected chi connectivity index (χ0v) is 19.2. The van der Waals surface area contributed by atoms with E-state index in [4.69, 9.17) is 27.9 Å². The molecule has 0 bridgehead atoms. The van der Waals surface area contributed by atoms with Crippen LogP contribution in [0.1, 0.15) is 0 Å². The molecule has 0 fully saturated rings. The van der Waals surface area contributed by atoms with Gasteiger partial charge in [0.25, 0.3) is 5.56 Å². The Labute approximate surface area is 198 Å². The number of methoxy groups -OCH3 is 1. The lowest BCUT2D eigenvalue weighted by Crippen LogP contribution is -2.23. The Bertz CT molecular complexity index is 1360. The van der Waals surface area contributed by atoms with Crippen molar-refractivity contribution >= 4 is 57.5 Å². The highest BCUT2D eigenvalue weighted by molar-refractivity contribution is 7.99. The molecule has 0 aliphatic heterocycles. The van der Waals surface area contributed by atoms with Crippen molar-refractivity contribution in [1.29, 1.82) is 0 Å². The second kappa shape index (κ2) is 9.65. The zero-order chi connectivity index (χ0) is 22.7. The highest BCUT2D eigenvalue weighted by atomic mass is 35.5. The molecule has 32 heavy (non-hydrogen) atoms. The van der Waals surface area contributed by atoms with Gasteiger partial charge in [0.1, 0.15) is 5.75 Å². The molecule has 1 heterocycles. The van der Waals surface area contributed by atoms with E-state index >= 15 is 0 Å². The first-order valence-electron chi connectivity index (χ1n) is 9.50. The van der Waals surface area contributed by atoms with E-state index < -0.39 is 0 Å². The zero-order valence-electron chi connectivity index (χ0n) is 16.8. The molecule has 0 atom stereocenters. The minimum Gasteiger partial charge on any atom is -0.497 e. The number of para-hydroxylation sites is 1. The summed E-state index contributed by atoms with van der Waals surface area (Å²) in [5, 5.41) is 4.46. The lowest BCUT2D eigenvalue weighted by molar-refractivity contribution is -0.113. The van der Waals surface area contributed by atoms with Crippen LogP contribution in [0.3, 0.4) is 0 Å². The van der Waals surface area contributed by atoms with E-state index in [1.165, 1.54) is 4.57 Å². The third kappa shape index (κ3) is 4.75. The third-order valence-electron chi connectivity index (χ3n) is 4.61. The first-order valence-corrected chi connectivity index (χ1v) is 11.2. The fourth-order valence-corrected chi connectivity index (χ4v) is 4.23. The Morgan fingerprint density at radius 1 is 1.09 bits per heavy atom. The van der Waals surface area contributed by atoms with Crippen molar-refractivity contribution in [2.45, 2.75) is 5.16 Å². The summed E-state index contributed by atoms with van der Waals surface area (Å²) in [5.41, 5.74) is 1.38. The van der Waals surface area contributed by atoms with Crippen molar-refractivity contribution < 1.29 is 9.53 Å². The van der Waals surface area contributed by atoms with Gasteiger partial charge in [0.05, 0.1) is 40.2 Å². The standard InChI is InChI=1S/C23H17Cl2N3O3S/c1-31-16-9-7-15(8-10-16)28-22(30)17-4-2-3-5-19(17)27-23(28)32-13-21(29)26-20-12-14(24)6-11-18(20)25/h2-12H,13H2,1H3,(H,26,29). The molecule has 0 aliphatic rings. The van der Waals surface area contributed by atoms with Gasteiger partial charge in [-0.2, -0.15) is 0 Å². The quantitative estimate of drug-likeness (QED) is 0.291. The number of aromatic nitrogens is 2. The van der Waals surface area contributed by atoms with Gasteiger partial charge in [-0.3, -0.25) is 14.2 Å². The maximum Gasteiger partial charge on any atom is 0.266 e. The summed E-state index contributed by atoms with van der Waals surface area (Å²) in [5.74, 6) is 0.384. The van der Waals surface area contributed by atoms with Crippen molar-refractivity contribution in [2.24, 2.45) is 0 Å². The monoisotopic (exact) mass is 485 g/mol. The molecule has 4 rings (SSSR count). The Kier molecular flexibility index (Phi) is 6.69. The van der Waals surface area contributed by atoms with E-state index in [2.05, 4.69) is 10.3 Å². The molecule has 1 N–H and O–H groups in total. The Balaban J connectivity index is 1.67. The van der Waals surface area contributed by atoms with Gasteiger partial charge in [-0.05, 0) is 54.6 Å². The number of rotatable bonds is 6. The number of hydrogen-bond donors (Lipinski definition) is 1. The fraction of sp³-hybridized carbons (Fsp3) is 0.0870. The molecule has 0 unspecified atom stereocenters. The number of ether oxygens (including phenoxy) is 1. The molecule has 3 aromatic carbocycles. The molecule has 4 aromatic rings. The predicted molar refractivity (Wildman–Crippen MR) is 130 cm³/mol. The van der Waals surface area contributed by atoms with Crippen LogP contribution in [0.15, 0.2) is 76.7 Å². The number of anilines is 1. The highest BCUT2D eigenvalue weighted by Crippen LogP contribution is 2.27. The SMILES string of the molecule is COc1ccc(-n2c(SCC(=O)Nc3cc(Cl)ccc3Cl)nc3ccccc3c2=O)cc1. The van der Waals surface area contributed by atoms with Crippen molar-refractivity contribution in [3.63, 3.8) is 0 Å². The molecule has 0 radical (unpaired) electrons. The van der Waals surface area contributed by atoms with Crippen LogP contribution in [0.5, 0.6) is 5.75 Å². The number of fused-ring (bicyclic) bond motifs is 1. The number of carbonyl (C=O) groups excluding carboxylic acids is 1. The molecule has 162 valence electrons. The lowest BCUT2D eigenvalue weighted by Gasteiger charge is -2.14. The minimum absolute atomic E-state index is 0.0176. The van der Waals surface area contributed by atoms with Gasteiger partial charge in [-0.15, -0.1) is 0 Å². The predicted octanol–water partition coefficient (Wildman–Crippen LogP) is 5.43. The van der Waals surface area contributed by atoms with Crippen molar-refractivity contribution in [1.82, 2.24) is 9.55 Å². The molecule has 6 nitrogen and oxygen atoms in total. The molecule has 0 aliphatic carbocycles. The average molecular weight is 486 g/mol. The summed E-state index contributed by atoms with van der Waals surface area (Å²) in [7, 11) is 1.57. The van der Waals surface area contributed by atoms with E-state index in [0.717, 1.165) is 11.8 Å². The molecule has 0 saturated heterocycles. The molecule has 1 aromatic heterocycles. The number of carbonyl (C=O) groups is 1. The number of thioether (sulfide) groups is 1. The van der Waals surface area contributed by atoms with E-state index in [1.54, 1.807) is 67.8 Å². The topological polar surface area (TPSA) is 73.2 Å². The highest BCUT2D eigenvalue weighted by Gasteiger charge is 2.15. The van der Waals surface area contributed by atoms with Crippen LogP contribution in [0.25, 0.3) is 16.6 Å². The molecule has 0 spiro atoms. The molecule has 1 amide bonds. The van der Waals surface area contributed by atoms with E-state index in [1.807, 2.05) is 6.07 Å². The number of amides is 1. The van der Waals surface area contributed by atoms with Crippen LogP contribution in [0, 0.1) is 0 Å². The number of benzene rings is 3. The molecule has 9 heteroatoms. The third-order valence-corrected chi connectivity index (χ3v) is 6.11. The summed E-state index contributed by atoms with van der Waals surface area (Å²) in [6, 6.07) is 19.0. The van der Waals surface area contributed by atoms with Crippen LogP contribution >= 0.6 is 35.0 Å². The molecule has 0 saturated carbocycles. The van der Waals surface area contributed by atoms with Crippen molar-refractivity contribution in [2.75, 3.05) is 18.2 Å². The smallest absolute Gasteiger partial charge is 0.266 e. The first kappa shape index (κ1) is 22.2. The Morgan fingerprint density at radius 2 is 1.84 bits per heavy atom. The van der Waals surface area contributed by atoms with Crippen LogP contribution in [-0.4, -0.2) is 28.3 Å². The van der Waals surface area contributed by atoms with Gasteiger partial charge >= 0.3 is 0 Å². The number of nitrogens with zero attached hydrogens (tertiary/aromatic N) is 2. The molecular formula is C23H17Cl2N3O3S. The van der Waals surface area contributed by atoms with Crippen LogP contribution in [-0.2, 0) is 4.79 Å². The Hall–Kier alpha value is -3.00. The van der Waals surface area contributed by atoms with Gasteiger partial charge in [-0.1, -0.05) is 47.1 Å². The van der Waals surface area contributed by atoms with Gasteiger partial charge < -0.3 is 10.1 Å². The van der Waals surface area contributed by atoms with Crippen molar-refractivity contribution in [3.05, 3.63) is 87.1 Å². The second-order valence-electron chi connectivity index (χ2n) is 6.71. The van der Waals surface area contributed by atoms with Crippen LogP contribution < -0.4 is 15.6 Å². The summed E-state index contributed by atoms with van der Waals surface area (Å²) < 4.78 is 6.70. The normalized spacial score (nSPS) is 10.8. The first-order chi connectivity index (χ1) is 15.5. The fourth-order valence-electron chi connectivity index (χ4n) is 3.08. The number of halogens is 2. The summed E-state index contributed by atoms with van der Waals surface area (Å²) in [6.07, 6.45) is 0.